The molecule has 0 spiro atoms. The lowest BCUT2D eigenvalue weighted by atomic mass is 10.0. The molecule has 1 aromatic carbocycles. The van der Waals surface area contributed by atoms with Crippen LogP contribution >= 0.6 is 0 Å². The SMILES string of the molecule is CCn1cc(C(=O)O)c(=O)c2c3ccc(N4CCCC(O)C4)c(F)c3ncc21. The molecule has 0 bridgehead atoms. The van der Waals surface area contributed by atoms with Crippen molar-refractivity contribution in [3.05, 3.63) is 46.1 Å². The standard InChI is InChI=1S/C20H20FN3O4/c1-2-23-10-13(20(27)28)19(26)16-12-5-6-14(24-7-3-4-11(25)9-24)17(21)18(12)22-8-15(16)23/h5-6,8,10-11,25H,2-4,7,9H2,1H3,(H,27,28). The molecule has 4 rings (SSSR count). The summed E-state index contributed by atoms with van der Waals surface area (Å²) in [5.41, 5.74) is -0.202. The molecule has 0 saturated carbocycles. The molecule has 2 N–H and O–H groups in total. The first-order chi connectivity index (χ1) is 13.4. The van der Waals surface area contributed by atoms with Crippen LogP contribution in [0.1, 0.15) is 30.1 Å². The number of rotatable bonds is 3. The Balaban J connectivity index is 2.00. The number of nitrogens with zero attached hydrogens (tertiary/aromatic N) is 3. The van der Waals surface area contributed by atoms with Gasteiger partial charge in [0.15, 0.2) is 5.82 Å². The molecule has 28 heavy (non-hydrogen) atoms. The van der Waals surface area contributed by atoms with Gasteiger partial charge in [-0.05, 0) is 31.9 Å². The van der Waals surface area contributed by atoms with Gasteiger partial charge < -0.3 is 19.7 Å². The van der Waals surface area contributed by atoms with E-state index < -0.39 is 23.3 Å². The van der Waals surface area contributed by atoms with Gasteiger partial charge in [-0.1, -0.05) is 0 Å². The number of β-amino-alcohol motifs (C(OH)–C–C–N with tert-alkyl or cyclic N) is 1. The van der Waals surface area contributed by atoms with Crippen LogP contribution in [-0.4, -0.2) is 44.9 Å². The van der Waals surface area contributed by atoms with Crippen LogP contribution in [0.25, 0.3) is 21.8 Å². The van der Waals surface area contributed by atoms with Crippen molar-refractivity contribution in [1.82, 2.24) is 9.55 Å². The third-order valence-corrected chi connectivity index (χ3v) is 5.31. The number of carbonyl (C=O) groups is 1. The number of aromatic nitrogens is 2. The van der Waals surface area contributed by atoms with Gasteiger partial charge >= 0.3 is 5.97 Å². The van der Waals surface area contributed by atoms with E-state index >= 15 is 4.39 Å². The maximum Gasteiger partial charge on any atom is 0.341 e. The number of anilines is 1. The Morgan fingerprint density at radius 3 is 2.86 bits per heavy atom. The zero-order chi connectivity index (χ0) is 20.0. The number of carboxylic acids is 1. The van der Waals surface area contributed by atoms with Crippen LogP contribution in [0.15, 0.2) is 29.3 Å². The number of carboxylic acid groups (broad SMARTS) is 1. The largest absolute Gasteiger partial charge is 0.477 e. The quantitative estimate of drug-likeness (QED) is 0.672. The molecule has 1 atom stereocenters. The van der Waals surface area contributed by atoms with Crippen molar-refractivity contribution in [2.24, 2.45) is 0 Å². The number of aromatic carboxylic acids is 1. The number of pyridine rings is 2. The molecule has 8 heteroatoms. The number of aliphatic hydroxyl groups excluding tert-OH is 1. The maximum atomic E-state index is 15.3. The van der Waals surface area contributed by atoms with Gasteiger partial charge in [0.25, 0.3) is 0 Å². The van der Waals surface area contributed by atoms with Crippen LogP contribution in [0, 0.1) is 5.82 Å². The van der Waals surface area contributed by atoms with E-state index in [9.17, 15) is 19.8 Å². The fourth-order valence-electron chi connectivity index (χ4n) is 3.92. The highest BCUT2D eigenvalue weighted by molar-refractivity contribution is 6.07. The third kappa shape index (κ3) is 2.80. The van der Waals surface area contributed by atoms with Gasteiger partial charge in [-0.25, -0.2) is 9.18 Å². The lowest BCUT2D eigenvalue weighted by Gasteiger charge is -2.32. The van der Waals surface area contributed by atoms with Gasteiger partial charge in [0, 0.05) is 31.2 Å². The Kier molecular flexibility index (Phi) is 4.50. The Bertz CT molecular complexity index is 1160. The molecule has 0 radical (unpaired) electrons. The topological polar surface area (TPSA) is 95.7 Å². The predicted molar refractivity (Wildman–Crippen MR) is 104 cm³/mol. The number of aliphatic hydroxyl groups is 1. The van der Waals surface area contributed by atoms with E-state index in [-0.39, 0.29) is 21.9 Å². The lowest BCUT2D eigenvalue weighted by molar-refractivity contribution is 0.0695. The molecule has 1 aliphatic heterocycles. The van der Waals surface area contributed by atoms with Crippen LogP contribution in [-0.2, 0) is 6.54 Å². The highest BCUT2D eigenvalue weighted by Gasteiger charge is 2.23. The summed E-state index contributed by atoms with van der Waals surface area (Å²) in [7, 11) is 0. The van der Waals surface area contributed by atoms with E-state index in [1.165, 1.54) is 12.4 Å². The van der Waals surface area contributed by atoms with Gasteiger partial charge in [-0.3, -0.25) is 9.78 Å². The van der Waals surface area contributed by atoms with E-state index in [2.05, 4.69) is 4.98 Å². The van der Waals surface area contributed by atoms with Crippen LogP contribution in [0.3, 0.4) is 0 Å². The average molecular weight is 385 g/mol. The van der Waals surface area contributed by atoms with Gasteiger partial charge in [-0.15, -0.1) is 0 Å². The van der Waals surface area contributed by atoms with Crippen molar-refractivity contribution >= 4 is 33.5 Å². The zero-order valence-corrected chi connectivity index (χ0v) is 15.4. The summed E-state index contributed by atoms with van der Waals surface area (Å²) in [5.74, 6) is -1.89. The second kappa shape index (κ2) is 6.87. The summed E-state index contributed by atoms with van der Waals surface area (Å²) >= 11 is 0. The highest BCUT2D eigenvalue weighted by atomic mass is 19.1. The molecule has 1 fully saturated rings. The number of benzene rings is 1. The second-order valence-corrected chi connectivity index (χ2v) is 7.02. The maximum absolute atomic E-state index is 15.3. The van der Waals surface area contributed by atoms with Crippen molar-refractivity contribution in [3.63, 3.8) is 0 Å². The Hall–Kier alpha value is -3.00. The van der Waals surface area contributed by atoms with Gasteiger partial charge in [0.1, 0.15) is 11.1 Å². The van der Waals surface area contributed by atoms with Crippen molar-refractivity contribution in [2.75, 3.05) is 18.0 Å². The number of hydrogen-bond acceptors (Lipinski definition) is 5. The van der Waals surface area contributed by atoms with Crippen LogP contribution in [0.5, 0.6) is 0 Å². The lowest BCUT2D eigenvalue weighted by Crippen LogP contribution is -2.38. The summed E-state index contributed by atoms with van der Waals surface area (Å²) in [6.45, 7) is 3.22. The van der Waals surface area contributed by atoms with Crippen LogP contribution in [0.4, 0.5) is 10.1 Å². The minimum atomic E-state index is -1.32. The molecule has 1 unspecified atom stereocenters. The van der Waals surface area contributed by atoms with E-state index in [4.69, 9.17) is 0 Å². The molecule has 3 aromatic rings. The van der Waals surface area contributed by atoms with Gasteiger partial charge in [-0.2, -0.15) is 0 Å². The first kappa shape index (κ1) is 18.4. The molecule has 0 aliphatic carbocycles. The molecule has 0 amide bonds. The predicted octanol–water partition coefficient (Wildman–Crippen LogP) is 2.37. The van der Waals surface area contributed by atoms with Crippen molar-refractivity contribution in [1.29, 1.82) is 0 Å². The first-order valence-corrected chi connectivity index (χ1v) is 9.23. The second-order valence-electron chi connectivity index (χ2n) is 7.02. The summed E-state index contributed by atoms with van der Waals surface area (Å²) < 4.78 is 16.9. The Labute approximate surface area is 159 Å². The summed E-state index contributed by atoms with van der Waals surface area (Å²) in [6, 6.07) is 3.18. The molecular weight excluding hydrogens is 365 g/mol. The van der Waals surface area contributed by atoms with Gasteiger partial charge in [0.2, 0.25) is 5.43 Å². The molecule has 1 aliphatic rings. The number of piperidine rings is 1. The molecule has 7 nitrogen and oxygen atoms in total. The monoisotopic (exact) mass is 385 g/mol. The van der Waals surface area contributed by atoms with Gasteiger partial charge in [0.05, 0.1) is 28.9 Å². The number of fused-ring (bicyclic) bond motifs is 3. The summed E-state index contributed by atoms with van der Waals surface area (Å²) in [5, 5.41) is 19.7. The van der Waals surface area contributed by atoms with E-state index in [0.717, 1.165) is 6.42 Å². The molecule has 146 valence electrons. The van der Waals surface area contributed by atoms with E-state index in [1.54, 1.807) is 21.6 Å². The van der Waals surface area contributed by atoms with Crippen LogP contribution in [0.2, 0.25) is 0 Å². The van der Waals surface area contributed by atoms with Crippen molar-refractivity contribution in [3.8, 4) is 0 Å². The fourth-order valence-corrected chi connectivity index (χ4v) is 3.92. The zero-order valence-electron chi connectivity index (χ0n) is 15.4. The number of hydrogen-bond donors (Lipinski definition) is 2. The van der Waals surface area contributed by atoms with Crippen LogP contribution < -0.4 is 10.3 Å². The molecular formula is C20H20FN3O4. The summed E-state index contributed by atoms with van der Waals surface area (Å²) in [4.78, 5) is 30.3. The highest BCUT2D eigenvalue weighted by Crippen LogP contribution is 2.31. The minimum Gasteiger partial charge on any atom is -0.477 e. The first-order valence-electron chi connectivity index (χ1n) is 9.23. The van der Waals surface area contributed by atoms with Crippen molar-refractivity contribution in [2.45, 2.75) is 32.4 Å². The normalized spacial score (nSPS) is 17.4. The molecule has 2 aromatic heterocycles. The molecule has 1 saturated heterocycles. The smallest absolute Gasteiger partial charge is 0.341 e. The summed E-state index contributed by atoms with van der Waals surface area (Å²) in [6.07, 6.45) is 3.63. The number of halogens is 1. The van der Waals surface area contributed by atoms with E-state index in [0.29, 0.717) is 37.3 Å². The minimum absolute atomic E-state index is 0.0207. The fraction of sp³-hybridized carbons (Fsp3) is 0.350. The average Bonchev–Trinajstić information content (AvgIpc) is 2.68. The number of aryl methyl sites for hydroxylation is 1. The Morgan fingerprint density at radius 1 is 1.39 bits per heavy atom. The molecule has 3 heterocycles. The Morgan fingerprint density at radius 2 is 2.18 bits per heavy atom. The van der Waals surface area contributed by atoms with E-state index in [1.807, 2.05) is 6.92 Å². The third-order valence-electron chi connectivity index (χ3n) is 5.31. The van der Waals surface area contributed by atoms with Crippen molar-refractivity contribution < 1.29 is 19.4 Å².